The molecular weight excluding hydrogens is 503 g/mol. The van der Waals surface area contributed by atoms with E-state index < -0.39 is 11.4 Å². The zero-order chi connectivity index (χ0) is 25.4. The van der Waals surface area contributed by atoms with Gasteiger partial charge in [-0.05, 0) is 54.6 Å². The summed E-state index contributed by atoms with van der Waals surface area (Å²) in [6.07, 6.45) is 0. The molecule has 2 atom stereocenters. The van der Waals surface area contributed by atoms with Crippen LogP contribution in [0.2, 0.25) is 5.15 Å². The van der Waals surface area contributed by atoms with E-state index in [1.165, 1.54) is 17.0 Å². The van der Waals surface area contributed by atoms with Crippen LogP contribution in [0.5, 0.6) is 17.2 Å². The highest BCUT2D eigenvalue weighted by Crippen LogP contribution is 2.48. The number of phenols is 1. The zero-order valence-electron chi connectivity index (χ0n) is 19.2. The number of phenolic OH excluding ortho intramolecular Hbond substituents is 1. The van der Waals surface area contributed by atoms with E-state index in [2.05, 4.69) is 15.2 Å². The minimum Gasteiger partial charge on any atom is -0.508 e. The van der Waals surface area contributed by atoms with Crippen molar-refractivity contribution in [3.05, 3.63) is 77.4 Å². The lowest BCUT2D eigenvalue weighted by Crippen LogP contribution is -2.56. The van der Waals surface area contributed by atoms with Gasteiger partial charge in [-0.15, -0.1) is 16.7 Å². The number of hydrogen-bond donors (Lipinski definition) is 1. The van der Waals surface area contributed by atoms with Crippen LogP contribution in [0.15, 0.2) is 77.0 Å². The van der Waals surface area contributed by atoms with Gasteiger partial charge >= 0.3 is 0 Å². The Morgan fingerprint density at radius 2 is 1.67 bits per heavy atom. The van der Waals surface area contributed by atoms with Gasteiger partial charge in [-0.1, -0.05) is 11.6 Å². The average Bonchev–Trinajstić information content (AvgIpc) is 2.90. The second kappa shape index (κ2) is 9.64. The number of carbonyl (C=O) groups excluding carboxylic acids is 1. The summed E-state index contributed by atoms with van der Waals surface area (Å²) in [5.74, 6) is 0.966. The van der Waals surface area contributed by atoms with E-state index in [-0.39, 0.29) is 16.8 Å². The fourth-order valence-corrected chi connectivity index (χ4v) is 4.65. The topological polar surface area (TPSA) is 96.6 Å². The molecule has 2 heterocycles. The van der Waals surface area contributed by atoms with E-state index >= 15 is 0 Å². The first kappa shape index (κ1) is 23.8. The van der Waals surface area contributed by atoms with Gasteiger partial charge < -0.3 is 14.6 Å². The predicted octanol–water partition coefficient (Wildman–Crippen LogP) is 6.72. The van der Waals surface area contributed by atoms with Crippen molar-refractivity contribution in [1.82, 2.24) is 4.98 Å². The van der Waals surface area contributed by atoms with Crippen LogP contribution in [-0.4, -0.2) is 35.6 Å². The number of rotatable bonds is 6. The third-order valence-electron chi connectivity index (χ3n) is 5.92. The number of benzene rings is 3. The minimum atomic E-state index is -0.867. The van der Waals surface area contributed by atoms with Crippen molar-refractivity contribution in [3.8, 4) is 17.2 Å². The van der Waals surface area contributed by atoms with Crippen molar-refractivity contribution in [2.45, 2.75) is 11.4 Å². The number of aromatic nitrogens is 1. The summed E-state index contributed by atoms with van der Waals surface area (Å²) in [6, 6.07) is 18.2. The lowest BCUT2D eigenvalue weighted by atomic mass is 9.92. The van der Waals surface area contributed by atoms with Crippen LogP contribution in [0.3, 0.4) is 0 Å². The van der Waals surface area contributed by atoms with Gasteiger partial charge in [0.25, 0.3) is 0 Å². The number of halogens is 2. The van der Waals surface area contributed by atoms with Crippen LogP contribution in [0.1, 0.15) is 11.6 Å². The third-order valence-corrected chi connectivity index (χ3v) is 6.65. The lowest BCUT2D eigenvalue weighted by Gasteiger charge is -2.44. The molecule has 182 valence electrons. The molecule has 8 nitrogen and oxygen atoms in total. The quantitative estimate of drug-likeness (QED) is 0.131. The van der Waals surface area contributed by atoms with Crippen molar-refractivity contribution in [2.75, 3.05) is 19.1 Å². The maximum absolute atomic E-state index is 13.0. The maximum atomic E-state index is 13.0. The predicted molar refractivity (Wildman–Crippen MR) is 138 cm³/mol. The molecule has 1 fully saturated rings. The Balaban J connectivity index is 1.54. The third kappa shape index (κ3) is 4.29. The Bertz CT molecular complexity index is 1490. The molecule has 1 aliphatic rings. The molecule has 0 spiro atoms. The van der Waals surface area contributed by atoms with Gasteiger partial charge in [0.05, 0.1) is 37.2 Å². The number of ether oxygens (including phenoxy) is 2. The van der Waals surface area contributed by atoms with Crippen molar-refractivity contribution in [1.29, 1.82) is 0 Å². The molecule has 0 bridgehead atoms. The molecule has 1 amide bonds. The largest absolute Gasteiger partial charge is 0.508 e. The van der Waals surface area contributed by atoms with Crippen LogP contribution in [0.25, 0.3) is 10.9 Å². The van der Waals surface area contributed by atoms with Gasteiger partial charge in [0, 0.05) is 23.1 Å². The SMILES string of the molecule is COc1ccc(N=Nc2ccc(O)cc2N2C(=O)C(Cl)C2c2cc3ccc(OC)cc3nc2Cl)cc1. The summed E-state index contributed by atoms with van der Waals surface area (Å²) in [5.41, 5.74) is 2.55. The van der Waals surface area contributed by atoms with Crippen LogP contribution in [-0.2, 0) is 4.79 Å². The van der Waals surface area contributed by atoms with Crippen molar-refractivity contribution in [3.63, 3.8) is 0 Å². The van der Waals surface area contributed by atoms with E-state index in [1.54, 1.807) is 50.6 Å². The molecule has 0 saturated carbocycles. The van der Waals surface area contributed by atoms with Crippen molar-refractivity contribution >= 4 is 57.1 Å². The molecule has 4 aromatic rings. The van der Waals surface area contributed by atoms with Gasteiger partial charge in [-0.2, -0.15) is 5.11 Å². The first-order valence-electron chi connectivity index (χ1n) is 10.9. The summed E-state index contributed by atoms with van der Waals surface area (Å²) in [7, 11) is 3.16. The fraction of sp³-hybridized carbons (Fsp3) is 0.154. The van der Waals surface area contributed by atoms with Crippen molar-refractivity contribution in [2.24, 2.45) is 10.2 Å². The Labute approximate surface area is 216 Å². The number of methoxy groups -OCH3 is 2. The summed E-state index contributed by atoms with van der Waals surface area (Å²) in [4.78, 5) is 18.9. The summed E-state index contributed by atoms with van der Waals surface area (Å²) < 4.78 is 10.4. The Hall–Kier alpha value is -3.88. The number of fused-ring (bicyclic) bond motifs is 1. The molecule has 1 aliphatic heterocycles. The first-order chi connectivity index (χ1) is 17.4. The molecule has 3 aromatic carbocycles. The number of carbonyl (C=O) groups is 1. The molecule has 36 heavy (non-hydrogen) atoms. The number of hydrogen-bond acceptors (Lipinski definition) is 7. The maximum Gasteiger partial charge on any atom is 0.248 e. The number of anilines is 1. The Morgan fingerprint density at radius 3 is 2.39 bits per heavy atom. The molecule has 5 rings (SSSR count). The van der Waals surface area contributed by atoms with Crippen LogP contribution >= 0.6 is 23.2 Å². The molecule has 0 aliphatic carbocycles. The number of alkyl halides is 1. The van der Waals surface area contributed by atoms with Gasteiger partial charge in [-0.25, -0.2) is 4.98 Å². The Morgan fingerprint density at radius 1 is 0.944 bits per heavy atom. The van der Waals surface area contributed by atoms with E-state index in [4.69, 9.17) is 32.7 Å². The number of pyridine rings is 1. The molecular formula is C26H20Cl2N4O4. The number of amides is 1. The standard InChI is InChI=1S/C26H20Cl2N4O4/c1-35-17-8-4-15(5-9-17)30-31-20-10-6-16(33)12-22(20)32-24(23(27)26(32)34)19-11-14-3-7-18(36-2)13-21(14)29-25(19)28/h3-13,23-24,33H,1-2H3. The summed E-state index contributed by atoms with van der Waals surface area (Å²) in [5, 5.41) is 19.0. The Kier molecular flexibility index (Phi) is 6.38. The highest BCUT2D eigenvalue weighted by molar-refractivity contribution is 6.38. The van der Waals surface area contributed by atoms with Crippen LogP contribution in [0.4, 0.5) is 17.1 Å². The van der Waals surface area contributed by atoms with Gasteiger partial charge in [0.2, 0.25) is 5.91 Å². The zero-order valence-corrected chi connectivity index (χ0v) is 20.7. The van der Waals surface area contributed by atoms with E-state index in [9.17, 15) is 9.90 Å². The molecule has 10 heteroatoms. The molecule has 1 N–H and O–H groups in total. The molecule has 1 aromatic heterocycles. The number of β-lactam (4-membered cyclic amide) rings is 1. The second-order valence-electron chi connectivity index (χ2n) is 8.05. The van der Waals surface area contributed by atoms with E-state index in [0.717, 1.165) is 5.39 Å². The second-order valence-corrected chi connectivity index (χ2v) is 8.88. The first-order valence-corrected chi connectivity index (χ1v) is 11.7. The van der Waals surface area contributed by atoms with Crippen LogP contribution < -0.4 is 14.4 Å². The highest BCUT2D eigenvalue weighted by Gasteiger charge is 2.50. The monoisotopic (exact) mass is 522 g/mol. The van der Waals surface area contributed by atoms with E-state index in [1.807, 2.05) is 18.2 Å². The van der Waals surface area contributed by atoms with Gasteiger partial charge in [-0.3, -0.25) is 9.69 Å². The van der Waals surface area contributed by atoms with Crippen molar-refractivity contribution < 1.29 is 19.4 Å². The average molecular weight is 523 g/mol. The van der Waals surface area contributed by atoms with Crippen LogP contribution in [0, 0.1) is 0 Å². The molecule has 2 unspecified atom stereocenters. The fourth-order valence-electron chi connectivity index (χ4n) is 4.04. The highest BCUT2D eigenvalue weighted by atomic mass is 35.5. The number of nitrogens with zero attached hydrogens (tertiary/aromatic N) is 4. The number of azo groups is 1. The van der Waals surface area contributed by atoms with Gasteiger partial charge in [0.1, 0.15) is 33.5 Å². The molecule has 0 radical (unpaired) electrons. The normalized spacial score (nSPS) is 17.4. The lowest BCUT2D eigenvalue weighted by molar-refractivity contribution is -0.123. The minimum absolute atomic E-state index is 0.0344. The number of aromatic hydroxyl groups is 1. The molecule has 1 saturated heterocycles. The summed E-state index contributed by atoms with van der Waals surface area (Å²) in [6.45, 7) is 0. The van der Waals surface area contributed by atoms with Gasteiger partial charge in [0.15, 0.2) is 0 Å². The summed E-state index contributed by atoms with van der Waals surface area (Å²) >= 11 is 13.0. The van der Waals surface area contributed by atoms with E-state index in [0.29, 0.717) is 39.6 Å². The smallest absolute Gasteiger partial charge is 0.248 e.